The van der Waals surface area contributed by atoms with Crippen molar-refractivity contribution in [1.29, 1.82) is 0 Å². The minimum Gasteiger partial charge on any atom is -0.392 e. The van der Waals surface area contributed by atoms with Crippen molar-refractivity contribution in [1.82, 2.24) is 0 Å². The van der Waals surface area contributed by atoms with E-state index in [2.05, 4.69) is 13.8 Å². The third-order valence-electron chi connectivity index (χ3n) is 2.23. The van der Waals surface area contributed by atoms with Crippen molar-refractivity contribution in [2.75, 3.05) is 0 Å². The van der Waals surface area contributed by atoms with Crippen LogP contribution in [0.15, 0.2) is 18.2 Å². The second kappa shape index (κ2) is 4.24. The van der Waals surface area contributed by atoms with Crippen LogP contribution in [0, 0.1) is 0 Å². The molecule has 0 bridgehead atoms. The quantitative estimate of drug-likeness (QED) is 0.762. The van der Waals surface area contributed by atoms with E-state index in [0.717, 1.165) is 5.56 Å². The van der Waals surface area contributed by atoms with Gasteiger partial charge in [0.2, 0.25) is 5.91 Å². The number of rotatable bonds is 3. The highest BCUT2D eigenvalue weighted by molar-refractivity contribution is 5.94. The van der Waals surface area contributed by atoms with Gasteiger partial charge in [0.25, 0.3) is 0 Å². The Balaban J connectivity index is 3.18. The van der Waals surface area contributed by atoms with Crippen molar-refractivity contribution < 1.29 is 9.90 Å². The standard InChI is InChI=1S/C11H15NO2/c1-7(2)8-3-4-10(11(12)14)9(5-8)6-13/h3-5,7,13H,6H2,1-2H3,(H2,12,14). The van der Waals surface area contributed by atoms with Gasteiger partial charge in [-0.1, -0.05) is 26.0 Å². The largest absolute Gasteiger partial charge is 0.392 e. The number of amides is 1. The summed E-state index contributed by atoms with van der Waals surface area (Å²) in [7, 11) is 0. The molecule has 0 spiro atoms. The maximum Gasteiger partial charge on any atom is 0.249 e. The van der Waals surface area contributed by atoms with E-state index in [4.69, 9.17) is 10.8 Å². The van der Waals surface area contributed by atoms with E-state index in [1.807, 2.05) is 12.1 Å². The van der Waals surface area contributed by atoms with Crippen LogP contribution < -0.4 is 5.73 Å². The van der Waals surface area contributed by atoms with Crippen LogP contribution in [0.25, 0.3) is 0 Å². The lowest BCUT2D eigenvalue weighted by molar-refractivity contribution is 0.0997. The highest BCUT2D eigenvalue weighted by Crippen LogP contribution is 2.18. The summed E-state index contributed by atoms with van der Waals surface area (Å²) < 4.78 is 0. The zero-order chi connectivity index (χ0) is 10.7. The average molecular weight is 193 g/mol. The van der Waals surface area contributed by atoms with Gasteiger partial charge >= 0.3 is 0 Å². The van der Waals surface area contributed by atoms with Crippen molar-refractivity contribution in [3.8, 4) is 0 Å². The topological polar surface area (TPSA) is 63.3 Å². The molecule has 0 heterocycles. The van der Waals surface area contributed by atoms with Crippen LogP contribution in [-0.4, -0.2) is 11.0 Å². The molecule has 0 aliphatic rings. The molecule has 1 aromatic carbocycles. The highest BCUT2D eigenvalue weighted by Gasteiger charge is 2.09. The van der Waals surface area contributed by atoms with E-state index in [9.17, 15) is 4.79 Å². The first-order chi connectivity index (χ1) is 6.56. The second-order valence-electron chi connectivity index (χ2n) is 3.59. The number of primary amides is 1. The molecule has 3 heteroatoms. The minimum absolute atomic E-state index is 0.154. The molecule has 0 saturated heterocycles. The third-order valence-corrected chi connectivity index (χ3v) is 2.23. The Labute approximate surface area is 83.6 Å². The van der Waals surface area contributed by atoms with Gasteiger partial charge in [-0.2, -0.15) is 0 Å². The number of aliphatic hydroxyl groups is 1. The van der Waals surface area contributed by atoms with E-state index >= 15 is 0 Å². The summed E-state index contributed by atoms with van der Waals surface area (Å²) in [5, 5.41) is 9.07. The number of carbonyl (C=O) groups excluding carboxylic acids is 1. The Morgan fingerprint density at radius 1 is 1.50 bits per heavy atom. The Bertz CT molecular complexity index is 345. The number of benzene rings is 1. The van der Waals surface area contributed by atoms with Crippen molar-refractivity contribution in [3.63, 3.8) is 0 Å². The number of carbonyl (C=O) groups is 1. The van der Waals surface area contributed by atoms with E-state index in [1.165, 1.54) is 0 Å². The van der Waals surface area contributed by atoms with Crippen LogP contribution >= 0.6 is 0 Å². The molecule has 0 unspecified atom stereocenters. The van der Waals surface area contributed by atoms with Gasteiger partial charge in [0.05, 0.1) is 6.61 Å². The van der Waals surface area contributed by atoms with Crippen LogP contribution in [0.1, 0.15) is 41.3 Å². The summed E-state index contributed by atoms with van der Waals surface area (Å²) in [6.07, 6.45) is 0. The molecule has 3 N–H and O–H groups in total. The van der Waals surface area contributed by atoms with Crippen LogP contribution in [0.4, 0.5) is 0 Å². The normalized spacial score (nSPS) is 10.6. The fourth-order valence-electron chi connectivity index (χ4n) is 1.34. The summed E-state index contributed by atoms with van der Waals surface area (Å²) in [5.74, 6) is -0.119. The molecule has 0 aliphatic carbocycles. The van der Waals surface area contributed by atoms with Gasteiger partial charge in [-0.3, -0.25) is 4.79 Å². The zero-order valence-electron chi connectivity index (χ0n) is 8.45. The molecular formula is C11H15NO2. The molecule has 1 aromatic rings. The molecular weight excluding hydrogens is 178 g/mol. The maximum absolute atomic E-state index is 11.0. The molecule has 76 valence electrons. The highest BCUT2D eigenvalue weighted by atomic mass is 16.3. The van der Waals surface area contributed by atoms with Gasteiger partial charge in [-0.05, 0) is 23.1 Å². The maximum atomic E-state index is 11.0. The molecule has 0 aliphatic heterocycles. The van der Waals surface area contributed by atoms with E-state index in [1.54, 1.807) is 6.07 Å². The van der Waals surface area contributed by atoms with Gasteiger partial charge in [0, 0.05) is 5.56 Å². The number of hydrogen-bond donors (Lipinski definition) is 2. The summed E-state index contributed by atoms with van der Waals surface area (Å²) in [4.78, 5) is 11.0. The predicted octanol–water partition coefficient (Wildman–Crippen LogP) is 1.40. The lowest BCUT2D eigenvalue weighted by Crippen LogP contribution is -2.14. The molecule has 0 fully saturated rings. The van der Waals surface area contributed by atoms with Crippen molar-refractivity contribution >= 4 is 5.91 Å². The molecule has 1 rings (SSSR count). The summed E-state index contributed by atoms with van der Waals surface area (Å²) in [6, 6.07) is 5.36. The molecule has 14 heavy (non-hydrogen) atoms. The molecule has 0 aromatic heterocycles. The predicted molar refractivity (Wildman–Crippen MR) is 55.0 cm³/mol. The second-order valence-corrected chi connectivity index (χ2v) is 3.59. The first-order valence-corrected chi connectivity index (χ1v) is 4.59. The smallest absolute Gasteiger partial charge is 0.249 e. The van der Waals surface area contributed by atoms with Crippen LogP contribution in [0.3, 0.4) is 0 Å². The summed E-state index contributed by atoms with van der Waals surface area (Å²) in [5.41, 5.74) is 7.26. The van der Waals surface area contributed by atoms with Crippen LogP contribution in [-0.2, 0) is 6.61 Å². The van der Waals surface area contributed by atoms with E-state index in [-0.39, 0.29) is 6.61 Å². The summed E-state index contributed by atoms with van der Waals surface area (Å²) >= 11 is 0. The molecule has 0 radical (unpaired) electrons. The van der Waals surface area contributed by atoms with Gasteiger partial charge < -0.3 is 10.8 Å². The fourth-order valence-corrected chi connectivity index (χ4v) is 1.34. The minimum atomic E-state index is -0.496. The molecule has 0 atom stereocenters. The van der Waals surface area contributed by atoms with Crippen LogP contribution in [0.5, 0.6) is 0 Å². The third kappa shape index (κ3) is 2.12. The monoisotopic (exact) mass is 193 g/mol. The Morgan fingerprint density at radius 3 is 2.57 bits per heavy atom. The first-order valence-electron chi connectivity index (χ1n) is 4.59. The zero-order valence-corrected chi connectivity index (χ0v) is 8.45. The van der Waals surface area contributed by atoms with E-state index < -0.39 is 5.91 Å². The van der Waals surface area contributed by atoms with Gasteiger partial charge in [-0.15, -0.1) is 0 Å². The summed E-state index contributed by atoms with van der Waals surface area (Å²) in [6.45, 7) is 3.96. The lowest BCUT2D eigenvalue weighted by atomic mass is 9.97. The average Bonchev–Trinajstić information content (AvgIpc) is 2.16. The SMILES string of the molecule is CC(C)c1ccc(C(N)=O)c(CO)c1. The fraction of sp³-hybridized carbons (Fsp3) is 0.364. The molecule has 1 amide bonds. The Kier molecular flexibility index (Phi) is 3.25. The lowest BCUT2D eigenvalue weighted by Gasteiger charge is -2.09. The Morgan fingerprint density at radius 2 is 2.14 bits per heavy atom. The first kappa shape index (κ1) is 10.7. The van der Waals surface area contributed by atoms with Crippen molar-refractivity contribution in [3.05, 3.63) is 34.9 Å². The molecule has 3 nitrogen and oxygen atoms in total. The number of hydrogen-bond acceptors (Lipinski definition) is 2. The van der Waals surface area contributed by atoms with Gasteiger partial charge in [0.15, 0.2) is 0 Å². The van der Waals surface area contributed by atoms with Crippen LogP contribution in [0.2, 0.25) is 0 Å². The van der Waals surface area contributed by atoms with Gasteiger partial charge in [0.1, 0.15) is 0 Å². The van der Waals surface area contributed by atoms with Gasteiger partial charge in [-0.25, -0.2) is 0 Å². The van der Waals surface area contributed by atoms with E-state index in [0.29, 0.717) is 17.0 Å². The van der Waals surface area contributed by atoms with Crippen molar-refractivity contribution in [2.24, 2.45) is 5.73 Å². The number of aliphatic hydroxyl groups excluding tert-OH is 1. The number of nitrogens with two attached hydrogens (primary N) is 1. The van der Waals surface area contributed by atoms with Crippen molar-refractivity contribution in [2.45, 2.75) is 26.4 Å². The molecule has 0 saturated carbocycles. The Hall–Kier alpha value is -1.35.